The Hall–Kier alpha value is -1.36. The molecule has 1 aromatic rings. The summed E-state index contributed by atoms with van der Waals surface area (Å²) in [7, 11) is 0. The van der Waals surface area contributed by atoms with Gasteiger partial charge in [-0.3, -0.25) is 9.48 Å². The maximum atomic E-state index is 12.4. The molecular formula is C16H23N3O2. The van der Waals surface area contributed by atoms with Crippen molar-refractivity contribution in [2.75, 3.05) is 6.61 Å². The smallest absolute Gasteiger partial charge is 0.223 e. The fraction of sp³-hybridized carbons (Fsp3) is 0.750. The number of carbonyl (C=O) groups excluding carboxylic acids is 1. The van der Waals surface area contributed by atoms with Crippen LogP contribution in [-0.2, 0) is 17.8 Å². The predicted octanol–water partition coefficient (Wildman–Crippen LogP) is 1.42. The van der Waals surface area contributed by atoms with E-state index in [2.05, 4.69) is 10.4 Å². The molecule has 21 heavy (non-hydrogen) atoms. The zero-order valence-corrected chi connectivity index (χ0v) is 12.3. The van der Waals surface area contributed by atoms with E-state index >= 15 is 0 Å². The molecule has 2 fully saturated rings. The lowest BCUT2D eigenvalue weighted by molar-refractivity contribution is -0.126. The highest BCUT2D eigenvalue weighted by Crippen LogP contribution is 2.54. The van der Waals surface area contributed by atoms with E-state index in [9.17, 15) is 4.79 Å². The molecule has 0 aromatic carbocycles. The summed E-state index contributed by atoms with van der Waals surface area (Å²) in [6.07, 6.45) is 8.50. The first-order valence-corrected chi connectivity index (χ1v) is 8.22. The molecule has 0 spiro atoms. The van der Waals surface area contributed by atoms with Crippen molar-refractivity contribution < 1.29 is 9.90 Å². The molecule has 5 heteroatoms. The van der Waals surface area contributed by atoms with Gasteiger partial charge in [-0.25, -0.2) is 0 Å². The second kappa shape index (κ2) is 5.13. The number of aromatic nitrogens is 2. The molecule has 3 aliphatic rings. The number of rotatable bonds is 4. The van der Waals surface area contributed by atoms with Crippen LogP contribution in [0.15, 0.2) is 6.20 Å². The van der Waals surface area contributed by atoms with Gasteiger partial charge in [0.15, 0.2) is 0 Å². The van der Waals surface area contributed by atoms with Gasteiger partial charge in [0.2, 0.25) is 5.91 Å². The molecule has 5 nitrogen and oxygen atoms in total. The van der Waals surface area contributed by atoms with Crippen molar-refractivity contribution in [1.29, 1.82) is 0 Å². The molecule has 4 rings (SSSR count). The van der Waals surface area contributed by atoms with Crippen LogP contribution in [0.25, 0.3) is 0 Å². The average molecular weight is 289 g/mol. The van der Waals surface area contributed by atoms with Crippen molar-refractivity contribution in [1.82, 2.24) is 15.1 Å². The molecular weight excluding hydrogens is 266 g/mol. The van der Waals surface area contributed by atoms with Gasteiger partial charge in [0.1, 0.15) is 0 Å². The molecule has 3 aliphatic carbocycles. The summed E-state index contributed by atoms with van der Waals surface area (Å²) in [4.78, 5) is 12.4. The first kappa shape index (κ1) is 13.3. The number of amides is 1. The molecule has 114 valence electrons. The average Bonchev–Trinajstić information content (AvgIpc) is 2.91. The van der Waals surface area contributed by atoms with E-state index in [1.807, 2.05) is 10.9 Å². The number of aliphatic hydroxyl groups excluding tert-OH is 1. The highest BCUT2D eigenvalue weighted by Gasteiger charge is 2.48. The molecule has 3 atom stereocenters. The first-order chi connectivity index (χ1) is 10.3. The van der Waals surface area contributed by atoms with Gasteiger partial charge < -0.3 is 10.4 Å². The molecule has 0 aliphatic heterocycles. The Morgan fingerprint density at radius 3 is 2.95 bits per heavy atom. The van der Waals surface area contributed by atoms with E-state index in [1.54, 1.807) is 0 Å². The Kier molecular flexibility index (Phi) is 3.25. The Labute approximate surface area is 124 Å². The normalized spacial score (nSPS) is 33.4. The van der Waals surface area contributed by atoms with Gasteiger partial charge in [-0.05, 0) is 50.4 Å². The van der Waals surface area contributed by atoms with Gasteiger partial charge in [-0.2, -0.15) is 5.10 Å². The first-order valence-electron chi connectivity index (χ1n) is 8.22. The lowest BCUT2D eigenvalue weighted by Gasteiger charge is -2.25. The fourth-order valence-corrected chi connectivity index (χ4v) is 4.27. The minimum absolute atomic E-state index is 0.107. The Balaban J connectivity index is 1.45. The van der Waals surface area contributed by atoms with E-state index in [0.29, 0.717) is 6.54 Å². The fourth-order valence-electron chi connectivity index (χ4n) is 4.27. The third kappa shape index (κ3) is 2.37. The molecule has 0 bridgehead atoms. The van der Waals surface area contributed by atoms with E-state index in [1.165, 1.54) is 12.1 Å². The predicted molar refractivity (Wildman–Crippen MR) is 77.5 cm³/mol. The van der Waals surface area contributed by atoms with Crippen LogP contribution in [0.1, 0.15) is 49.4 Å². The van der Waals surface area contributed by atoms with Crippen LogP contribution in [-0.4, -0.2) is 27.4 Å². The number of hydrogen-bond acceptors (Lipinski definition) is 3. The zero-order chi connectivity index (χ0) is 14.4. The second-order valence-corrected chi connectivity index (χ2v) is 6.87. The van der Waals surface area contributed by atoms with Crippen molar-refractivity contribution in [3.8, 4) is 0 Å². The Morgan fingerprint density at radius 1 is 1.38 bits per heavy atom. The van der Waals surface area contributed by atoms with Gasteiger partial charge in [-0.1, -0.05) is 0 Å². The molecule has 1 amide bonds. The van der Waals surface area contributed by atoms with E-state index < -0.39 is 0 Å². The zero-order valence-electron chi connectivity index (χ0n) is 12.3. The monoisotopic (exact) mass is 289 g/mol. The van der Waals surface area contributed by atoms with Gasteiger partial charge in [0.25, 0.3) is 0 Å². The molecule has 0 radical (unpaired) electrons. The summed E-state index contributed by atoms with van der Waals surface area (Å²) in [5.74, 6) is 2.17. The Bertz CT molecular complexity index is 544. The number of aliphatic hydroxyl groups is 1. The number of nitrogens with one attached hydrogen (secondary N) is 1. The van der Waals surface area contributed by atoms with Crippen molar-refractivity contribution in [3.05, 3.63) is 17.5 Å². The standard InChI is InChI=1S/C16H23N3O2/c20-5-4-19-15-3-1-2-14(13(15)9-17-19)18-16(21)12-7-10-6-11(10)8-12/h9-12,14,20H,1-8H2,(H,18,21). The van der Waals surface area contributed by atoms with E-state index in [4.69, 9.17) is 5.11 Å². The highest BCUT2D eigenvalue weighted by atomic mass is 16.3. The largest absolute Gasteiger partial charge is 0.394 e. The van der Waals surface area contributed by atoms with Crippen molar-refractivity contribution in [2.24, 2.45) is 17.8 Å². The highest BCUT2D eigenvalue weighted by molar-refractivity contribution is 5.79. The summed E-state index contributed by atoms with van der Waals surface area (Å²) < 4.78 is 1.89. The number of nitrogens with zero attached hydrogens (tertiary/aromatic N) is 2. The van der Waals surface area contributed by atoms with Crippen LogP contribution < -0.4 is 5.32 Å². The van der Waals surface area contributed by atoms with Gasteiger partial charge >= 0.3 is 0 Å². The minimum atomic E-state index is 0.107. The topological polar surface area (TPSA) is 67.2 Å². The number of fused-ring (bicyclic) bond motifs is 2. The van der Waals surface area contributed by atoms with Gasteiger partial charge in [0, 0.05) is 17.2 Å². The van der Waals surface area contributed by atoms with Crippen LogP contribution in [0.3, 0.4) is 0 Å². The van der Waals surface area contributed by atoms with Crippen LogP contribution in [0.5, 0.6) is 0 Å². The molecule has 1 aromatic heterocycles. The van der Waals surface area contributed by atoms with Gasteiger partial charge in [-0.15, -0.1) is 0 Å². The molecule has 0 saturated heterocycles. The minimum Gasteiger partial charge on any atom is -0.394 e. The van der Waals surface area contributed by atoms with Crippen LogP contribution in [0.2, 0.25) is 0 Å². The molecule has 2 saturated carbocycles. The number of carbonyl (C=O) groups is 1. The lowest BCUT2D eigenvalue weighted by atomic mass is 9.92. The van der Waals surface area contributed by atoms with Crippen molar-refractivity contribution in [3.63, 3.8) is 0 Å². The molecule has 2 N–H and O–H groups in total. The number of hydrogen-bond donors (Lipinski definition) is 2. The summed E-state index contributed by atoms with van der Waals surface area (Å²) >= 11 is 0. The maximum absolute atomic E-state index is 12.4. The third-order valence-corrected chi connectivity index (χ3v) is 5.51. The van der Waals surface area contributed by atoms with Crippen LogP contribution >= 0.6 is 0 Å². The molecule has 3 unspecified atom stereocenters. The van der Waals surface area contributed by atoms with Crippen LogP contribution in [0, 0.1) is 17.8 Å². The summed E-state index contributed by atoms with van der Waals surface area (Å²) in [6, 6.07) is 0.116. The molecule has 1 heterocycles. The van der Waals surface area contributed by atoms with E-state index in [0.717, 1.165) is 49.5 Å². The summed E-state index contributed by atoms with van der Waals surface area (Å²) in [6.45, 7) is 0.651. The van der Waals surface area contributed by atoms with E-state index in [-0.39, 0.29) is 24.5 Å². The third-order valence-electron chi connectivity index (χ3n) is 5.51. The maximum Gasteiger partial charge on any atom is 0.223 e. The lowest BCUT2D eigenvalue weighted by Crippen LogP contribution is -2.35. The summed E-state index contributed by atoms with van der Waals surface area (Å²) in [5, 5.41) is 16.7. The van der Waals surface area contributed by atoms with Crippen molar-refractivity contribution in [2.45, 2.75) is 51.1 Å². The quantitative estimate of drug-likeness (QED) is 0.881. The second-order valence-electron chi connectivity index (χ2n) is 6.87. The Morgan fingerprint density at radius 2 is 2.19 bits per heavy atom. The van der Waals surface area contributed by atoms with Crippen LogP contribution in [0.4, 0.5) is 0 Å². The summed E-state index contributed by atoms with van der Waals surface area (Å²) in [5.41, 5.74) is 2.35. The van der Waals surface area contributed by atoms with Gasteiger partial charge in [0.05, 0.1) is 25.4 Å². The van der Waals surface area contributed by atoms with Crippen molar-refractivity contribution >= 4 is 5.91 Å². The SMILES string of the molecule is O=C(NC1CCCc2c1cnn2CCO)C1CC2CC2C1.